The highest BCUT2D eigenvalue weighted by Crippen LogP contribution is 2.21. The molecule has 0 atom stereocenters. The Bertz CT molecular complexity index is 719. The van der Waals surface area contributed by atoms with E-state index < -0.39 is 10.0 Å². The lowest BCUT2D eigenvalue weighted by Gasteiger charge is -2.17. The molecule has 20 heavy (non-hydrogen) atoms. The van der Waals surface area contributed by atoms with E-state index in [4.69, 9.17) is 11.6 Å². The molecule has 0 radical (unpaired) electrons. The first-order valence-electron chi connectivity index (χ1n) is 5.86. The van der Waals surface area contributed by atoms with E-state index >= 15 is 0 Å². The van der Waals surface area contributed by atoms with Crippen LogP contribution < -0.4 is 0 Å². The predicted octanol–water partition coefficient (Wildman–Crippen LogP) is 3.92. The van der Waals surface area contributed by atoms with Crippen molar-refractivity contribution in [3.8, 4) is 0 Å². The van der Waals surface area contributed by atoms with Crippen molar-refractivity contribution in [2.45, 2.75) is 11.4 Å². The molecule has 2 aromatic rings. The molecule has 0 aliphatic carbocycles. The molecule has 0 unspecified atom stereocenters. The van der Waals surface area contributed by atoms with Crippen molar-refractivity contribution >= 4 is 37.6 Å². The number of sulfonamides is 1. The summed E-state index contributed by atoms with van der Waals surface area (Å²) in [6, 6.07) is 13.8. The summed E-state index contributed by atoms with van der Waals surface area (Å²) in [6.07, 6.45) is 0. The molecule has 106 valence electrons. The average molecular weight is 375 g/mol. The van der Waals surface area contributed by atoms with E-state index in [0.29, 0.717) is 11.6 Å². The molecule has 0 amide bonds. The number of rotatable bonds is 4. The monoisotopic (exact) mass is 373 g/mol. The third-order valence-corrected chi connectivity index (χ3v) is 5.33. The SMILES string of the molecule is CN(Cc1cccc(Br)c1)S(=O)(=O)c1cccc(Cl)c1. The molecular weight excluding hydrogens is 362 g/mol. The van der Waals surface area contributed by atoms with Crippen LogP contribution in [0.2, 0.25) is 5.02 Å². The maximum atomic E-state index is 12.4. The highest BCUT2D eigenvalue weighted by molar-refractivity contribution is 9.10. The van der Waals surface area contributed by atoms with Crippen LogP contribution >= 0.6 is 27.5 Å². The summed E-state index contributed by atoms with van der Waals surface area (Å²) in [4.78, 5) is 0.197. The molecule has 0 saturated carbocycles. The fraction of sp³-hybridized carbons (Fsp3) is 0.143. The topological polar surface area (TPSA) is 37.4 Å². The first-order chi connectivity index (χ1) is 9.39. The number of benzene rings is 2. The summed E-state index contributed by atoms with van der Waals surface area (Å²) in [5.41, 5.74) is 0.910. The molecule has 0 saturated heterocycles. The normalized spacial score (nSPS) is 11.8. The smallest absolute Gasteiger partial charge is 0.207 e. The van der Waals surface area contributed by atoms with Crippen molar-refractivity contribution in [2.75, 3.05) is 7.05 Å². The molecule has 0 N–H and O–H groups in total. The molecule has 0 heterocycles. The van der Waals surface area contributed by atoms with Crippen LogP contribution in [0.4, 0.5) is 0 Å². The Labute approximate surface area is 132 Å². The molecule has 0 bridgehead atoms. The van der Waals surface area contributed by atoms with Gasteiger partial charge in [0.1, 0.15) is 0 Å². The first kappa shape index (κ1) is 15.5. The van der Waals surface area contributed by atoms with Gasteiger partial charge >= 0.3 is 0 Å². The minimum Gasteiger partial charge on any atom is -0.207 e. The molecule has 2 rings (SSSR count). The van der Waals surface area contributed by atoms with Gasteiger partial charge in [-0.15, -0.1) is 0 Å². The maximum Gasteiger partial charge on any atom is 0.243 e. The van der Waals surface area contributed by atoms with Crippen molar-refractivity contribution in [1.82, 2.24) is 4.31 Å². The van der Waals surface area contributed by atoms with Crippen LogP contribution in [0.3, 0.4) is 0 Å². The molecule has 0 fully saturated rings. The minimum atomic E-state index is -3.54. The summed E-state index contributed by atoms with van der Waals surface area (Å²) in [5.74, 6) is 0. The van der Waals surface area contributed by atoms with Crippen LogP contribution in [0, 0.1) is 0 Å². The number of halogens is 2. The van der Waals surface area contributed by atoms with Gasteiger partial charge in [-0.25, -0.2) is 8.42 Å². The van der Waals surface area contributed by atoms with E-state index in [-0.39, 0.29) is 4.90 Å². The largest absolute Gasteiger partial charge is 0.243 e. The summed E-state index contributed by atoms with van der Waals surface area (Å²) in [5, 5.41) is 0.405. The van der Waals surface area contributed by atoms with E-state index in [1.807, 2.05) is 24.3 Å². The molecule has 0 aliphatic heterocycles. The van der Waals surface area contributed by atoms with Crippen molar-refractivity contribution in [3.63, 3.8) is 0 Å². The van der Waals surface area contributed by atoms with Gasteiger partial charge in [0.25, 0.3) is 0 Å². The van der Waals surface area contributed by atoms with Gasteiger partial charge in [0.05, 0.1) is 4.90 Å². The first-order valence-corrected chi connectivity index (χ1v) is 8.47. The third kappa shape index (κ3) is 3.61. The van der Waals surface area contributed by atoms with Gasteiger partial charge < -0.3 is 0 Å². The lowest BCUT2D eigenvalue weighted by Crippen LogP contribution is -2.26. The van der Waals surface area contributed by atoms with Crippen molar-refractivity contribution < 1.29 is 8.42 Å². The quantitative estimate of drug-likeness (QED) is 0.813. The Balaban J connectivity index is 2.26. The van der Waals surface area contributed by atoms with Crippen LogP contribution in [-0.4, -0.2) is 19.8 Å². The van der Waals surface area contributed by atoms with Gasteiger partial charge in [-0.05, 0) is 35.9 Å². The predicted molar refractivity (Wildman–Crippen MR) is 84.2 cm³/mol. The van der Waals surface area contributed by atoms with Crippen molar-refractivity contribution in [1.29, 1.82) is 0 Å². The molecular formula is C14H13BrClNO2S. The van der Waals surface area contributed by atoms with E-state index in [9.17, 15) is 8.42 Å². The van der Waals surface area contributed by atoms with E-state index in [1.54, 1.807) is 25.2 Å². The fourth-order valence-electron chi connectivity index (χ4n) is 1.78. The zero-order chi connectivity index (χ0) is 14.8. The van der Waals surface area contributed by atoms with Crippen LogP contribution in [-0.2, 0) is 16.6 Å². The van der Waals surface area contributed by atoms with E-state index in [0.717, 1.165) is 10.0 Å². The van der Waals surface area contributed by atoms with E-state index in [2.05, 4.69) is 15.9 Å². The summed E-state index contributed by atoms with van der Waals surface area (Å²) in [7, 11) is -1.99. The van der Waals surface area contributed by atoms with Gasteiger partial charge in [-0.1, -0.05) is 45.7 Å². The fourth-order valence-corrected chi connectivity index (χ4v) is 3.69. The molecule has 2 aromatic carbocycles. The number of hydrogen-bond acceptors (Lipinski definition) is 2. The van der Waals surface area contributed by atoms with Crippen LogP contribution in [0.15, 0.2) is 57.9 Å². The second-order valence-corrected chi connectivity index (χ2v) is 7.75. The van der Waals surface area contributed by atoms with Crippen LogP contribution in [0.25, 0.3) is 0 Å². The second-order valence-electron chi connectivity index (χ2n) is 4.35. The van der Waals surface area contributed by atoms with Gasteiger partial charge in [0.15, 0.2) is 0 Å². The standard InChI is InChI=1S/C14H13BrClNO2S/c1-17(10-11-4-2-5-12(15)8-11)20(18,19)14-7-3-6-13(16)9-14/h2-9H,10H2,1H3. The molecule has 0 spiro atoms. The van der Waals surface area contributed by atoms with Crippen molar-refractivity contribution in [2.24, 2.45) is 0 Å². The third-order valence-electron chi connectivity index (χ3n) is 2.80. The zero-order valence-electron chi connectivity index (χ0n) is 10.8. The number of nitrogens with zero attached hydrogens (tertiary/aromatic N) is 1. The molecule has 3 nitrogen and oxygen atoms in total. The van der Waals surface area contributed by atoms with Gasteiger partial charge in [0, 0.05) is 23.1 Å². The maximum absolute atomic E-state index is 12.4. The number of hydrogen-bond donors (Lipinski definition) is 0. The van der Waals surface area contributed by atoms with E-state index in [1.165, 1.54) is 10.4 Å². The summed E-state index contributed by atoms with van der Waals surface area (Å²) >= 11 is 9.22. The highest BCUT2D eigenvalue weighted by Gasteiger charge is 2.21. The molecule has 0 aromatic heterocycles. The van der Waals surface area contributed by atoms with Crippen LogP contribution in [0.1, 0.15) is 5.56 Å². The Morgan fingerprint density at radius 2 is 1.85 bits per heavy atom. The Kier molecular flexibility index (Phi) is 4.86. The second kappa shape index (κ2) is 6.26. The van der Waals surface area contributed by atoms with Crippen molar-refractivity contribution in [3.05, 3.63) is 63.6 Å². The highest BCUT2D eigenvalue weighted by atomic mass is 79.9. The summed E-state index contributed by atoms with van der Waals surface area (Å²) in [6.45, 7) is 0.300. The molecule has 6 heteroatoms. The Hall–Kier alpha value is -0.880. The Morgan fingerprint density at radius 3 is 2.50 bits per heavy atom. The minimum absolute atomic E-state index is 0.197. The van der Waals surface area contributed by atoms with Gasteiger partial charge in [-0.2, -0.15) is 4.31 Å². The Morgan fingerprint density at radius 1 is 1.15 bits per heavy atom. The average Bonchev–Trinajstić information content (AvgIpc) is 2.38. The molecule has 0 aliphatic rings. The van der Waals surface area contributed by atoms with Gasteiger partial charge in [0.2, 0.25) is 10.0 Å². The lowest BCUT2D eigenvalue weighted by molar-refractivity contribution is 0.466. The summed E-state index contributed by atoms with van der Waals surface area (Å²) < 4.78 is 27.1. The van der Waals surface area contributed by atoms with Crippen LogP contribution in [0.5, 0.6) is 0 Å². The lowest BCUT2D eigenvalue weighted by atomic mass is 10.2. The van der Waals surface area contributed by atoms with Gasteiger partial charge in [-0.3, -0.25) is 0 Å². The zero-order valence-corrected chi connectivity index (χ0v) is 13.9.